The van der Waals surface area contributed by atoms with Crippen LogP contribution < -0.4 is 5.32 Å². The predicted octanol–water partition coefficient (Wildman–Crippen LogP) is 1.11. The van der Waals surface area contributed by atoms with Gasteiger partial charge in [-0.05, 0) is 17.9 Å². The Balaban J connectivity index is 1.38. The van der Waals surface area contributed by atoms with E-state index in [1.165, 1.54) is 22.2 Å². The van der Waals surface area contributed by atoms with E-state index in [9.17, 15) is 9.59 Å². The number of rotatable bonds is 9. The maximum absolute atomic E-state index is 11.9. The average molecular weight is 376 g/mol. The molecule has 3 aromatic rings. The van der Waals surface area contributed by atoms with Crippen LogP contribution in [0.15, 0.2) is 28.2 Å². The molecule has 0 aliphatic heterocycles. The van der Waals surface area contributed by atoms with Crippen molar-refractivity contribution in [2.45, 2.75) is 32.4 Å². The highest BCUT2D eigenvalue weighted by Crippen LogP contribution is 2.21. The Bertz CT molecular complexity index is 872. The second kappa shape index (κ2) is 8.34. The van der Waals surface area contributed by atoms with E-state index in [0.29, 0.717) is 36.7 Å². The average Bonchev–Trinajstić information content (AvgIpc) is 3.34. The molecule has 3 rings (SSSR count). The molecule has 0 spiro atoms. The molecule has 3 heterocycles. The SMILES string of the molecule is O=C(O)Cn1cc(CNC(=O)CCCc2nc(-c3cccs3)no2)nn1. The fourth-order valence-electron chi connectivity index (χ4n) is 2.18. The van der Waals surface area contributed by atoms with Gasteiger partial charge in [-0.3, -0.25) is 9.59 Å². The Morgan fingerprint density at radius 3 is 3.04 bits per heavy atom. The number of carbonyl (C=O) groups is 2. The fourth-order valence-corrected chi connectivity index (χ4v) is 2.82. The number of hydrogen-bond donors (Lipinski definition) is 2. The number of carboxylic acid groups (broad SMARTS) is 1. The molecule has 0 fully saturated rings. The number of amides is 1. The summed E-state index contributed by atoms with van der Waals surface area (Å²) in [7, 11) is 0. The number of aliphatic carboxylic acids is 1. The zero-order valence-electron chi connectivity index (χ0n) is 13.7. The first-order valence-corrected chi connectivity index (χ1v) is 8.72. The molecule has 11 heteroatoms. The van der Waals surface area contributed by atoms with E-state index in [1.54, 1.807) is 0 Å². The Hall–Kier alpha value is -3.08. The van der Waals surface area contributed by atoms with E-state index < -0.39 is 5.97 Å². The summed E-state index contributed by atoms with van der Waals surface area (Å²) in [6.45, 7) is -0.0693. The first kappa shape index (κ1) is 17.7. The van der Waals surface area contributed by atoms with Crippen molar-refractivity contribution in [2.24, 2.45) is 0 Å². The lowest BCUT2D eigenvalue weighted by Crippen LogP contribution is -2.22. The minimum Gasteiger partial charge on any atom is -0.480 e. The maximum atomic E-state index is 11.9. The van der Waals surface area contributed by atoms with Crippen LogP contribution in [-0.4, -0.2) is 42.1 Å². The normalized spacial score (nSPS) is 10.8. The topological polar surface area (TPSA) is 136 Å². The van der Waals surface area contributed by atoms with Crippen LogP contribution in [0.3, 0.4) is 0 Å². The second-order valence-electron chi connectivity index (χ2n) is 5.42. The number of hydrogen-bond acceptors (Lipinski definition) is 8. The minimum absolute atomic E-state index is 0.143. The zero-order chi connectivity index (χ0) is 18.4. The predicted molar refractivity (Wildman–Crippen MR) is 90.1 cm³/mol. The van der Waals surface area contributed by atoms with Crippen LogP contribution in [-0.2, 0) is 29.1 Å². The van der Waals surface area contributed by atoms with Crippen LogP contribution in [0.25, 0.3) is 10.7 Å². The first-order chi connectivity index (χ1) is 12.6. The van der Waals surface area contributed by atoms with Crippen molar-refractivity contribution < 1.29 is 19.2 Å². The lowest BCUT2D eigenvalue weighted by Gasteiger charge is -2.01. The molecule has 0 bridgehead atoms. The third-order valence-corrected chi connectivity index (χ3v) is 4.22. The van der Waals surface area contributed by atoms with Crippen LogP contribution in [0.4, 0.5) is 0 Å². The highest BCUT2D eigenvalue weighted by atomic mass is 32.1. The van der Waals surface area contributed by atoms with Gasteiger partial charge in [0, 0.05) is 12.8 Å². The van der Waals surface area contributed by atoms with Gasteiger partial charge in [-0.15, -0.1) is 16.4 Å². The van der Waals surface area contributed by atoms with E-state index in [2.05, 4.69) is 25.8 Å². The summed E-state index contributed by atoms with van der Waals surface area (Å²) in [5.74, 6) is -0.0914. The summed E-state index contributed by atoms with van der Waals surface area (Å²) in [5.41, 5.74) is 0.497. The van der Waals surface area contributed by atoms with Crippen LogP contribution in [0.5, 0.6) is 0 Å². The third kappa shape index (κ3) is 4.96. The Labute approximate surface area is 151 Å². The number of aromatic nitrogens is 5. The van der Waals surface area contributed by atoms with Crippen LogP contribution in [0.2, 0.25) is 0 Å². The van der Waals surface area contributed by atoms with E-state index in [-0.39, 0.29) is 19.0 Å². The van der Waals surface area contributed by atoms with Crippen molar-refractivity contribution >= 4 is 23.2 Å². The van der Waals surface area contributed by atoms with Crippen molar-refractivity contribution in [2.75, 3.05) is 0 Å². The van der Waals surface area contributed by atoms with Crippen molar-refractivity contribution in [3.63, 3.8) is 0 Å². The molecule has 10 nitrogen and oxygen atoms in total. The number of nitrogens with one attached hydrogen (secondary N) is 1. The smallest absolute Gasteiger partial charge is 0.325 e. The standard InChI is InChI=1S/C15H16N6O4S/c22-12(16-7-10-8-21(20-18-10)9-14(23)24)4-1-5-13-17-15(19-25-13)11-3-2-6-26-11/h2-3,6,8H,1,4-5,7,9H2,(H,16,22)(H,23,24). The van der Waals surface area contributed by atoms with Gasteiger partial charge in [-0.1, -0.05) is 16.4 Å². The van der Waals surface area contributed by atoms with E-state index in [4.69, 9.17) is 9.63 Å². The molecule has 0 aliphatic carbocycles. The summed E-state index contributed by atoms with van der Waals surface area (Å²) in [5, 5.41) is 24.7. The van der Waals surface area contributed by atoms with E-state index >= 15 is 0 Å². The molecule has 0 radical (unpaired) electrons. The molecule has 0 unspecified atom stereocenters. The second-order valence-corrected chi connectivity index (χ2v) is 6.37. The van der Waals surface area contributed by atoms with E-state index in [0.717, 1.165) is 4.88 Å². The van der Waals surface area contributed by atoms with Crippen LogP contribution >= 0.6 is 11.3 Å². The molecular formula is C15H16N6O4S. The van der Waals surface area contributed by atoms with Gasteiger partial charge in [0.15, 0.2) is 0 Å². The van der Waals surface area contributed by atoms with Crippen molar-refractivity contribution in [1.29, 1.82) is 0 Å². The highest BCUT2D eigenvalue weighted by Gasteiger charge is 2.11. The molecule has 0 aromatic carbocycles. The fraction of sp³-hybridized carbons (Fsp3) is 0.333. The van der Waals surface area contributed by atoms with Gasteiger partial charge in [0.25, 0.3) is 0 Å². The van der Waals surface area contributed by atoms with Crippen LogP contribution in [0, 0.1) is 0 Å². The number of thiophene rings is 1. The molecule has 136 valence electrons. The van der Waals surface area contributed by atoms with E-state index in [1.807, 2.05) is 17.5 Å². The van der Waals surface area contributed by atoms with Crippen molar-refractivity contribution in [1.82, 2.24) is 30.5 Å². The monoisotopic (exact) mass is 376 g/mol. The quantitative estimate of drug-likeness (QED) is 0.567. The molecule has 0 atom stereocenters. The number of nitrogens with zero attached hydrogens (tertiary/aromatic N) is 5. The summed E-state index contributed by atoms with van der Waals surface area (Å²) in [6, 6.07) is 3.83. The minimum atomic E-state index is -1.01. The van der Waals surface area contributed by atoms with Crippen molar-refractivity contribution in [3.8, 4) is 10.7 Å². The summed E-state index contributed by atoms with van der Waals surface area (Å²) in [6.07, 6.45) is 2.88. The number of carbonyl (C=O) groups excluding carboxylic acids is 1. The van der Waals surface area contributed by atoms with Crippen molar-refractivity contribution in [3.05, 3.63) is 35.3 Å². The largest absolute Gasteiger partial charge is 0.480 e. The molecule has 2 N–H and O–H groups in total. The first-order valence-electron chi connectivity index (χ1n) is 7.84. The van der Waals surface area contributed by atoms with Gasteiger partial charge >= 0.3 is 5.97 Å². The zero-order valence-corrected chi connectivity index (χ0v) is 14.5. The van der Waals surface area contributed by atoms with Gasteiger partial charge in [0.05, 0.1) is 17.6 Å². The molecule has 1 amide bonds. The Morgan fingerprint density at radius 1 is 1.38 bits per heavy atom. The summed E-state index contributed by atoms with van der Waals surface area (Å²) in [4.78, 5) is 27.7. The van der Waals surface area contributed by atoms with Crippen LogP contribution in [0.1, 0.15) is 24.4 Å². The maximum Gasteiger partial charge on any atom is 0.325 e. The Kier molecular flexibility index (Phi) is 5.69. The third-order valence-electron chi connectivity index (χ3n) is 3.35. The van der Waals surface area contributed by atoms with Gasteiger partial charge in [-0.25, -0.2) is 4.68 Å². The molecule has 0 aliphatic rings. The molecule has 0 saturated heterocycles. The lowest BCUT2D eigenvalue weighted by atomic mass is 10.2. The molecule has 3 aromatic heterocycles. The van der Waals surface area contributed by atoms with Gasteiger partial charge < -0.3 is 14.9 Å². The van der Waals surface area contributed by atoms with Gasteiger partial charge in [0.2, 0.25) is 17.6 Å². The summed E-state index contributed by atoms with van der Waals surface area (Å²) < 4.78 is 6.38. The number of carboxylic acids is 1. The molecular weight excluding hydrogens is 360 g/mol. The highest BCUT2D eigenvalue weighted by molar-refractivity contribution is 7.13. The lowest BCUT2D eigenvalue weighted by molar-refractivity contribution is -0.138. The molecule has 26 heavy (non-hydrogen) atoms. The van der Waals surface area contributed by atoms with Gasteiger partial charge in [0.1, 0.15) is 12.2 Å². The summed E-state index contributed by atoms with van der Waals surface area (Å²) >= 11 is 1.53. The Morgan fingerprint density at radius 2 is 2.27 bits per heavy atom. The number of aryl methyl sites for hydroxylation is 1. The molecule has 0 saturated carbocycles. The van der Waals surface area contributed by atoms with Gasteiger partial charge in [-0.2, -0.15) is 4.98 Å².